The van der Waals surface area contributed by atoms with Gasteiger partial charge in [0.25, 0.3) is 0 Å². The monoisotopic (exact) mass is 341 g/mol. The number of hydrogen-bond donors (Lipinski definition) is 2. The van der Waals surface area contributed by atoms with Gasteiger partial charge in [0.15, 0.2) is 0 Å². The molecule has 1 aliphatic rings. The number of benzene rings is 1. The van der Waals surface area contributed by atoms with Gasteiger partial charge in [-0.1, -0.05) is 11.6 Å². The SMILES string of the molecule is O=C(NCc1c(-n2cncn2)ccc(Cl)c1F)[C@@H]1C[C@@H](F)CN1. The summed E-state index contributed by atoms with van der Waals surface area (Å²) in [6, 6.07) is 2.39. The van der Waals surface area contributed by atoms with Crippen LogP contribution in [-0.2, 0) is 11.3 Å². The van der Waals surface area contributed by atoms with E-state index in [-0.39, 0.29) is 36.0 Å². The molecule has 1 saturated heterocycles. The summed E-state index contributed by atoms with van der Waals surface area (Å²) in [5.41, 5.74) is 0.610. The molecule has 6 nitrogen and oxygen atoms in total. The van der Waals surface area contributed by atoms with E-state index in [4.69, 9.17) is 11.6 Å². The molecule has 0 aliphatic carbocycles. The Morgan fingerprint density at radius 3 is 3.00 bits per heavy atom. The number of hydrogen-bond acceptors (Lipinski definition) is 4. The van der Waals surface area contributed by atoms with E-state index < -0.39 is 18.0 Å². The van der Waals surface area contributed by atoms with Crippen molar-refractivity contribution in [2.45, 2.75) is 25.2 Å². The van der Waals surface area contributed by atoms with Crippen LogP contribution in [0.15, 0.2) is 24.8 Å². The van der Waals surface area contributed by atoms with E-state index in [1.807, 2.05) is 0 Å². The third-order valence-corrected chi connectivity index (χ3v) is 3.96. The Morgan fingerprint density at radius 1 is 1.52 bits per heavy atom. The van der Waals surface area contributed by atoms with Crippen LogP contribution in [0.4, 0.5) is 8.78 Å². The minimum Gasteiger partial charge on any atom is -0.350 e. The van der Waals surface area contributed by atoms with Crippen LogP contribution in [0, 0.1) is 5.82 Å². The molecule has 1 aliphatic heterocycles. The Bertz CT molecular complexity index is 709. The lowest BCUT2D eigenvalue weighted by Crippen LogP contribution is -2.40. The van der Waals surface area contributed by atoms with Gasteiger partial charge in [-0.05, 0) is 12.1 Å². The van der Waals surface area contributed by atoms with Gasteiger partial charge >= 0.3 is 0 Å². The maximum Gasteiger partial charge on any atom is 0.237 e. The molecule has 3 rings (SSSR count). The van der Waals surface area contributed by atoms with Crippen LogP contribution in [0.2, 0.25) is 5.02 Å². The number of amides is 1. The predicted octanol–water partition coefficient (Wildman–Crippen LogP) is 1.38. The standard InChI is InChI=1S/C14H14ClF2N5O/c15-10-1-2-12(22-7-18-6-21-22)9(13(10)17)5-20-14(23)11-3-8(16)4-19-11/h1-2,6-8,11,19H,3-5H2,(H,20,23)/t8-,11+/m1/s1. The van der Waals surface area contributed by atoms with E-state index in [1.165, 1.54) is 23.4 Å². The van der Waals surface area contributed by atoms with Gasteiger partial charge in [0.05, 0.1) is 16.8 Å². The van der Waals surface area contributed by atoms with Crippen molar-refractivity contribution < 1.29 is 13.6 Å². The van der Waals surface area contributed by atoms with Crippen LogP contribution in [0.3, 0.4) is 0 Å². The van der Waals surface area contributed by atoms with Crippen molar-refractivity contribution in [2.24, 2.45) is 0 Å². The molecule has 0 bridgehead atoms. The van der Waals surface area contributed by atoms with E-state index in [0.717, 1.165) is 0 Å². The minimum absolute atomic E-state index is 0.0547. The summed E-state index contributed by atoms with van der Waals surface area (Å²) in [7, 11) is 0. The zero-order valence-corrected chi connectivity index (χ0v) is 12.7. The van der Waals surface area contributed by atoms with Gasteiger partial charge in [-0.3, -0.25) is 4.79 Å². The van der Waals surface area contributed by atoms with E-state index in [1.54, 1.807) is 6.07 Å². The van der Waals surface area contributed by atoms with Crippen molar-refractivity contribution in [1.82, 2.24) is 25.4 Å². The van der Waals surface area contributed by atoms with E-state index in [2.05, 4.69) is 20.7 Å². The van der Waals surface area contributed by atoms with Crippen LogP contribution < -0.4 is 10.6 Å². The second kappa shape index (κ2) is 6.59. The Balaban J connectivity index is 1.79. The highest BCUT2D eigenvalue weighted by molar-refractivity contribution is 6.30. The Kier molecular flexibility index (Phi) is 4.53. The van der Waals surface area contributed by atoms with Gasteiger partial charge in [0.1, 0.15) is 24.6 Å². The molecule has 2 atom stereocenters. The number of halogens is 3. The fourth-order valence-electron chi connectivity index (χ4n) is 2.49. The first-order valence-electron chi connectivity index (χ1n) is 7.03. The number of rotatable bonds is 4. The summed E-state index contributed by atoms with van der Waals surface area (Å²) in [4.78, 5) is 15.8. The summed E-state index contributed by atoms with van der Waals surface area (Å²) in [5.74, 6) is -1.02. The van der Waals surface area contributed by atoms with Gasteiger partial charge in [-0.15, -0.1) is 0 Å². The minimum atomic E-state index is -1.04. The molecule has 2 N–H and O–H groups in total. The summed E-state index contributed by atoms with van der Waals surface area (Å²) in [6.45, 7) is 0.0589. The van der Waals surface area contributed by atoms with Crippen molar-refractivity contribution in [3.63, 3.8) is 0 Å². The quantitative estimate of drug-likeness (QED) is 0.881. The largest absolute Gasteiger partial charge is 0.350 e. The van der Waals surface area contributed by atoms with Crippen molar-refractivity contribution in [1.29, 1.82) is 0 Å². The molecular formula is C14H14ClF2N5O. The highest BCUT2D eigenvalue weighted by Crippen LogP contribution is 2.24. The number of alkyl halides is 1. The lowest BCUT2D eigenvalue weighted by molar-refractivity contribution is -0.123. The van der Waals surface area contributed by atoms with E-state index in [9.17, 15) is 13.6 Å². The average Bonchev–Trinajstić information content (AvgIpc) is 3.20. The Labute approximate surface area is 135 Å². The molecule has 0 radical (unpaired) electrons. The summed E-state index contributed by atoms with van der Waals surface area (Å²) in [5, 5.41) is 9.28. The molecule has 2 aromatic rings. The molecule has 1 aromatic carbocycles. The maximum absolute atomic E-state index is 14.3. The molecule has 2 heterocycles. The van der Waals surface area contributed by atoms with Crippen LogP contribution in [0.25, 0.3) is 5.69 Å². The third-order valence-electron chi connectivity index (χ3n) is 3.67. The zero-order chi connectivity index (χ0) is 16.4. The molecule has 9 heteroatoms. The molecule has 0 unspecified atom stereocenters. The van der Waals surface area contributed by atoms with Crippen molar-refractivity contribution in [2.75, 3.05) is 6.54 Å². The lowest BCUT2D eigenvalue weighted by atomic mass is 10.1. The maximum atomic E-state index is 14.3. The smallest absolute Gasteiger partial charge is 0.237 e. The highest BCUT2D eigenvalue weighted by Gasteiger charge is 2.29. The summed E-state index contributed by atoms with van der Waals surface area (Å²) >= 11 is 5.81. The zero-order valence-electron chi connectivity index (χ0n) is 12.0. The molecule has 0 saturated carbocycles. The van der Waals surface area contributed by atoms with Crippen LogP contribution >= 0.6 is 11.6 Å². The van der Waals surface area contributed by atoms with Crippen LogP contribution in [-0.4, -0.2) is 39.4 Å². The van der Waals surface area contributed by atoms with Crippen molar-refractivity contribution in [3.05, 3.63) is 41.2 Å². The van der Waals surface area contributed by atoms with Gasteiger partial charge in [0, 0.05) is 25.1 Å². The molecule has 0 spiro atoms. The molecule has 23 heavy (non-hydrogen) atoms. The van der Waals surface area contributed by atoms with Gasteiger partial charge in [-0.2, -0.15) is 5.10 Å². The third kappa shape index (κ3) is 3.32. The fourth-order valence-corrected chi connectivity index (χ4v) is 2.67. The topological polar surface area (TPSA) is 71.8 Å². The molecule has 1 fully saturated rings. The summed E-state index contributed by atoms with van der Waals surface area (Å²) in [6.07, 6.45) is 1.80. The molecule has 122 valence electrons. The highest BCUT2D eigenvalue weighted by atomic mass is 35.5. The fraction of sp³-hybridized carbons (Fsp3) is 0.357. The molecule has 1 aromatic heterocycles. The number of nitrogens with zero attached hydrogens (tertiary/aromatic N) is 3. The van der Waals surface area contributed by atoms with Crippen LogP contribution in [0.5, 0.6) is 0 Å². The molecular weight excluding hydrogens is 328 g/mol. The first-order valence-corrected chi connectivity index (χ1v) is 7.41. The van der Waals surface area contributed by atoms with Crippen LogP contribution in [0.1, 0.15) is 12.0 Å². The summed E-state index contributed by atoms with van der Waals surface area (Å²) < 4.78 is 28.8. The first-order chi connectivity index (χ1) is 11.1. The predicted molar refractivity (Wildman–Crippen MR) is 79.5 cm³/mol. The second-order valence-corrected chi connectivity index (χ2v) is 5.62. The van der Waals surface area contributed by atoms with E-state index in [0.29, 0.717) is 5.69 Å². The number of carbonyl (C=O) groups excluding carboxylic acids is 1. The molecule has 1 amide bonds. The van der Waals surface area contributed by atoms with Gasteiger partial charge in [-0.25, -0.2) is 18.4 Å². The normalized spacial score (nSPS) is 20.7. The number of nitrogens with one attached hydrogen (secondary N) is 2. The second-order valence-electron chi connectivity index (χ2n) is 5.21. The van der Waals surface area contributed by atoms with E-state index >= 15 is 0 Å². The Hall–Kier alpha value is -2.06. The van der Waals surface area contributed by atoms with Crippen molar-refractivity contribution in [3.8, 4) is 5.69 Å². The van der Waals surface area contributed by atoms with Gasteiger partial charge < -0.3 is 10.6 Å². The Morgan fingerprint density at radius 2 is 2.35 bits per heavy atom. The number of carbonyl (C=O) groups is 1. The lowest BCUT2D eigenvalue weighted by Gasteiger charge is -2.14. The number of aromatic nitrogens is 3. The van der Waals surface area contributed by atoms with Crippen molar-refractivity contribution >= 4 is 17.5 Å². The van der Waals surface area contributed by atoms with Gasteiger partial charge in [0.2, 0.25) is 5.91 Å². The average molecular weight is 342 g/mol. The first kappa shape index (κ1) is 15.8.